The van der Waals surface area contributed by atoms with Gasteiger partial charge in [-0.1, -0.05) is 38.1 Å². The molecule has 2 N–H and O–H groups in total. The Morgan fingerprint density at radius 1 is 0.929 bits per heavy atom. The molecule has 0 bridgehead atoms. The van der Waals surface area contributed by atoms with Gasteiger partial charge in [0, 0.05) is 31.7 Å². The van der Waals surface area contributed by atoms with Crippen molar-refractivity contribution in [3.8, 4) is 5.75 Å². The molecule has 1 heterocycles. The van der Waals surface area contributed by atoms with Gasteiger partial charge >= 0.3 is 5.97 Å². The third kappa shape index (κ3) is 6.09. The van der Waals surface area contributed by atoms with E-state index in [-0.39, 0.29) is 18.2 Å². The molecule has 2 aromatic rings. The van der Waals surface area contributed by atoms with E-state index in [1.165, 1.54) is 0 Å². The number of amides is 1. The second kappa shape index (κ2) is 10.5. The number of piperazine rings is 1. The van der Waals surface area contributed by atoms with Crippen LogP contribution in [0.15, 0.2) is 48.5 Å². The zero-order chi connectivity index (χ0) is 20.5. The first-order chi connectivity index (χ1) is 13.5. The van der Waals surface area contributed by atoms with E-state index >= 15 is 0 Å². The minimum Gasteiger partial charge on any atom is -0.508 e. The first kappa shape index (κ1) is 21.4. The maximum atomic E-state index is 12.7. The van der Waals surface area contributed by atoms with Gasteiger partial charge in [0.25, 0.3) is 5.91 Å². The van der Waals surface area contributed by atoms with E-state index < -0.39 is 5.97 Å². The molecule has 3 rings (SSSR count). The zero-order valence-electron chi connectivity index (χ0n) is 16.5. The van der Waals surface area contributed by atoms with E-state index in [1.54, 1.807) is 29.2 Å². The second-order valence-electron chi connectivity index (χ2n) is 6.51. The summed E-state index contributed by atoms with van der Waals surface area (Å²) in [5.41, 5.74) is 2.62. The first-order valence-corrected chi connectivity index (χ1v) is 9.61. The number of nitrogens with zero attached hydrogens (tertiary/aromatic N) is 2. The monoisotopic (exact) mass is 384 g/mol. The smallest absolute Gasteiger partial charge is 0.317 e. The zero-order valence-corrected chi connectivity index (χ0v) is 16.5. The molecule has 1 aliphatic rings. The van der Waals surface area contributed by atoms with Crippen molar-refractivity contribution in [2.24, 2.45) is 0 Å². The Morgan fingerprint density at radius 2 is 1.54 bits per heavy atom. The predicted molar refractivity (Wildman–Crippen MR) is 109 cm³/mol. The van der Waals surface area contributed by atoms with Crippen molar-refractivity contribution in [1.29, 1.82) is 0 Å². The number of aliphatic carboxylic acids is 1. The molecule has 1 amide bonds. The Kier molecular flexibility index (Phi) is 8.02. The van der Waals surface area contributed by atoms with E-state index in [9.17, 15) is 14.7 Å². The molecule has 0 unspecified atom stereocenters. The number of phenolic OH excluding ortho intramolecular Hbond substituents is 1. The van der Waals surface area contributed by atoms with Crippen LogP contribution in [0.4, 0.5) is 0 Å². The van der Waals surface area contributed by atoms with Crippen LogP contribution in [0.5, 0.6) is 5.75 Å². The molecule has 1 aliphatic heterocycles. The van der Waals surface area contributed by atoms with E-state index in [0.29, 0.717) is 38.2 Å². The van der Waals surface area contributed by atoms with Crippen molar-refractivity contribution >= 4 is 11.9 Å². The highest BCUT2D eigenvalue weighted by atomic mass is 16.4. The first-order valence-electron chi connectivity index (χ1n) is 9.61. The Morgan fingerprint density at radius 3 is 2.14 bits per heavy atom. The average molecular weight is 384 g/mol. The van der Waals surface area contributed by atoms with Gasteiger partial charge in [-0.25, -0.2) is 0 Å². The molecular formula is C22H28N2O4. The molecule has 2 aromatic carbocycles. The summed E-state index contributed by atoms with van der Waals surface area (Å²) in [6.07, 6.45) is 0.641. The summed E-state index contributed by atoms with van der Waals surface area (Å²) in [6.45, 7) is 6.22. The van der Waals surface area contributed by atoms with E-state index in [4.69, 9.17) is 5.11 Å². The third-order valence-corrected chi connectivity index (χ3v) is 4.51. The summed E-state index contributed by atoms with van der Waals surface area (Å²) < 4.78 is 0. The standard InChI is InChI=1S/C20H22N2O4.C2H6/c23-18-6-2-4-16(13-18)11-15-3-1-5-17(12-15)20(26)22-9-7-21(8-10-22)14-19(24)25;1-2/h1-6,12-13,23H,7-11,14H2,(H,24,25);1-2H3. The maximum absolute atomic E-state index is 12.7. The second-order valence-corrected chi connectivity index (χ2v) is 6.51. The number of carboxylic acids is 1. The molecule has 0 saturated carbocycles. The summed E-state index contributed by atoms with van der Waals surface area (Å²) in [5.74, 6) is -0.642. The number of rotatable bonds is 5. The van der Waals surface area contributed by atoms with Crippen LogP contribution in [-0.2, 0) is 11.2 Å². The lowest BCUT2D eigenvalue weighted by Gasteiger charge is -2.33. The van der Waals surface area contributed by atoms with Gasteiger partial charge in [0.2, 0.25) is 0 Å². The number of phenols is 1. The molecule has 0 spiro atoms. The van der Waals surface area contributed by atoms with E-state index in [1.807, 2.05) is 43.0 Å². The topological polar surface area (TPSA) is 81.1 Å². The van der Waals surface area contributed by atoms with Gasteiger partial charge in [-0.15, -0.1) is 0 Å². The van der Waals surface area contributed by atoms with Crippen LogP contribution in [0.2, 0.25) is 0 Å². The van der Waals surface area contributed by atoms with Crippen molar-refractivity contribution in [2.75, 3.05) is 32.7 Å². The SMILES string of the molecule is CC.O=C(O)CN1CCN(C(=O)c2cccc(Cc3cccc(O)c3)c2)CC1. The van der Waals surface area contributed by atoms with Gasteiger partial charge in [0.05, 0.1) is 6.54 Å². The fraction of sp³-hybridized carbons (Fsp3) is 0.364. The molecule has 0 aromatic heterocycles. The van der Waals surface area contributed by atoms with Crippen molar-refractivity contribution < 1.29 is 19.8 Å². The van der Waals surface area contributed by atoms with Crippen molar-refractivity contribution in [2.45, 2.75) is 20.3 Å². The number of hydrogen-bond acceptors (Lipinski definition) is 4. The van der Waals surface area contributed by atoms with Crippen LogP contribution in [0.1, 0.15) is 35.3 Å². The van der Waals surface area contributed by atoms with Crippen LogP contribution in [0.25, 0.3) is 0 Å². The van der Waals surface area contributed by atoms with E-state index in [2.05, 4.69) is 0 Å². The highest BCUT2D eigenvalue weighted by Gasteiger charge is 2.23. The lowest BCUT2D eigenvalue weighted by molar-refractivity contribution is -0.138. The van der Waals surface area contributed by atoms with Crippen molar-refractivity contribution in [3.63, 3.8) is 0 Å². The van der Waals surface area contributed by atoms with Crippen LogP contribution in [0.3, 0.4) is 0 Å². The Labute approximate surface area is 166 Å². The van der Waals surface area contributed by atoms with E-state index in [0.717, 1.165) is 11.1 Å². The molecule has 0 radical (unpaired) electrons. The van der Waals surface area contributed by atoms with Crippen molar-refractivity contribution in [3.05, 3.63) is 65.2 Å². The number of aromatic hydroxyl groups is 1. The quantitative estimate of drug-likeness (QED) is 0.829. The summed E-state index contributed by atoms with van der Waals surface area (Å²) >= 11 is 0. The van der Waals surface area contributed by atoms with Gasteiger partial charge in [-0.3, -0.25) is 14.5 Å². The van der Waals surface area contributed by atoms with Crippen LogP contribution < -0.4 is 0 Å². The predicted octanol–water partition coefficient (Wildman–Crippen LogP) is 2.85. The number of carboxylic acid groups (broad SMARTS) is 1. The number of benzene rings is 2. The van der Waals surface area contributed by atoms with Gasteiger partial charge in [0.1, 0.15) is 5.75 Å². The number of carbonyl (C=O) groups is 2. The highest BCUT2D eigenvalue weighted by molar-refractivity contribution is 5.94. The van der Waals surface area contributed by atoms with Crippen LogP contribution >= 0.6 is 0 Å². The summed E-state index contributed by atoms with van der Waals surface area (Å²) in [6, 6.07) is 14.6. The lowest BCUT2D eigenvalue weighted by Crippen LogP contribution is -2.49. The average Bonchev–Trinajstić information content (AvgIpc) is 2.69. The molecule has 6 nitrogen and oxygen atoms in total. The molecule has 1 saturated heterocycles. The Hall–Kier alpha value is -2.86. The largest absolute Gasteiger partial charge is 0.508 e. The minimum atomic E-state index is -0.843. The summed E-state index contributed by atoms with van der Waals surface area (Å²) in [5, 5.41) is 18.4. The van der Waals surface area contributed by atoms with Crippen LogP contribution in [-0.4, -0.2) is 64.6 Å². The minimum absolute atomic E-state index is 0.0153. The molecule has 0 atom stereocenters. The third-order valence-electron chi connectivity index (χ3n) is 4.51. The molecule has 0 aliphatic carbocycles. The van der Waals surface area contributed by atoms with Crippen LogP contribution in [0, 0.1) is 0 Å². The van der Waals surface area contributed by atoms with Gasteiger partial charge in [0.15, 0.2) is 0 Å². The summed E-state index contributed by atoms with van der Waals surface area (Å²) in [7, 11) is 0. The molecular weight excluding hydrogens is 356 g/mol. The lowest BCUT2D eigenvalue weighted by atomic mass is 10.0. The summed E-state index contributed by atoms with van der Waals surface area (Å²) in [4.78, 5) is 27.1. The van der Waals surface area contributed by atoms with Gasteiger partial charge in [-0.05, 0) is 41.8 Å². The normalized spacial score (nSPS) is 14.1. The van der Waals surface area contributed by atoms with Gasteiger partial charge < -0.3 is 15.1 Å². The number of hydrogen-bond donors (Lipinski definition) is 2. The molecule has 28 heavy (non-hydrogen) atoms. The fourth-order valence-electron chi connectivity index (χ4n) is 3.20. The molecule has 150 valence electrons. The molecule has 1 fully saturated rings. The number of carbonyl (C=O) groups excluding carboxylic acids is 1. The van der Waals surface area contributed by atoms with Gasteiger partial charge in [-0.2, -0.15) is 0 Å². The Bertz CT molecular complexity index is 799. The Balaban J connectivity index is 0.00000136. The highest BCUT2D eigenvalue weighted by Crippen LogP contribution is 2.17. The molecule has 6 heteroatoms. The maximum Gasteiger partial charge on any atom is 0.317 e. The van der Waals surface area contributed by atoms with Crippen molar-refractivity contribution in [1.82, 2.24) is 9.80 Å². The fourth-order valence-corrected chi connectivity index (χ4v) is 3.20.